The van der Waals surface area contributed by atoms with Crippen LogP contribution in [0.2, 0.25) is 0 Å². The number of rotatable bonds is 3. The van der Waals surface area contributed by atoms with Gasteiger partial charge >= 0.3 is 0 Å². The van der Waals surface area contributed by atoms with Gasteiger partial charge in [0.1, 0.15) is 6.04 Å². The van der Waals surface area contributed by atoms with Crippen molar-refractivity contribution in [3.05, 3.63) is 18.3 Å². The van der Waals surface area contributed by atoms with E-state index in [1.165, 1.54) is 39.0 Å². The van der Waals surface area contributed by atoms with Gasteiger partial charge in [-0.15, -0.1) is 0 Å². The number of anilines is 2. The normalized spacial score (nSPS) is 19.2. The number of pyridine rings is 1. The maximum atomic E-state index is 12.8. The monoisotopic (exact) mass is 326 g/mol. The number of amides is 2. The summed E-state index contributed by atoms with van der Waals surface area (Å²) in [5.41, 5.74) is 0.304. The molecule has 1 aliphatic heterocycles. The van der Waals surface area contributed by atoms with E-state index in [0.29, 0.717) is 5.69 Å². The summed E-state index contributed by atoms with van der Waals surface area (Å²) in [4.78, 5) is 29.3. The van der Waals surface area contributed by atoms with Crippen LogP contribution in [0.25, 0.3) is 0 Å². The minimum Gasteiger partial charge on any atom is -0.348 e. The van der Waals surface area contributed by atoms with Crippen molar-refractivity contribution < 1.29 is 18.0 Å². The van der Waals surface area contributed by atoms with E-state index in [1.54, 1.807) is 12.1 Å². The zero-order valence-corrected chi connectivity index (χ0v) is 13.6. The average molecular weight is 326 g/mol. The fraction of sp³-hybridized carbons (Fsp3) is 0.462. The van der Waals surface area contributed by atoms with Gasteiger partial charge < -0.3 is 10.2 Å². The van der Waals surface area contributed by atoms with E-state index < -0.39 is 33.1 Å². The van der Waals surface area contributed by atoms with E-state index in [-0.39, 0.29) is 5.82 Å². The Kier molecular flexibility index (Phi) is 4.10. The van der Waals surface area contributed by atoms with Gasteiger partial charge in [0.15, 0.2) is 11.1 Å². The molecule has 1 aromatic heterocycles. The maximum Gasteiger partial charge on any atom is 0.248 e. The third kappa shape index (κ3) is 2.52. The van der Waals surface area contributed by atoms with Crippen molar-refractivity contribution in [2.75, 3.05) is 23.7 Å². The van der Waals surface area contributed by atoms with Gasteiger partial charge in [-0.05, 0) is 26.0 Å². The molecule has 0 bridgehead atoms. The Morgan fingerprint density at radius 2 is 2.09 bits per heavy atom. The number of hydrogen-bond donors (Lipinski definition) is 1. The Hall–Kier alpha value is -2.16. The van der Waals surface area contributed by atoms with Crippen molar-refractivity contribution in [3.63, 3.8) is 0 Å². The van der Waals surface area contributed by atoms with Crippen molar-refractivity contribution in [2.45, 2.75) is 25.1 Å². The van der Waals surface area contributed by atoms with Gasteiger partial charge in [-0.25, -0.2) is 17.7 Å². The molecule has 0 unspecified atom stereocenters. The molecule has 1 aromatic rings. The first-order valence-corrected chi connectivity index (χ1v) is 8.18. The quantitative estimate of drug-likeness (QED) is 0.845. The van der Waals surface area contributed by atoms with E-state index in [4.69, 9.17) is 0 Å². The highest BCUT2D eigenvalue weighted by Gasteiger charge is 2.43. The van der Waals surface area contributed by atoms with Crippen LogP contribution in [0.15, 0.2) is 18.3 Å². The second kappa shape index (κ2) is 5.56. The average Bonchev–Trinajstić information content (AvgIpc) is 2.46. The Morgan fingerprint density at radius 3 is 2.68 bits per heavy atom. The van der Waals surface area contributed by atoms with Crippen molar-refractivity contribution in [1.29, 1.82) is 0 Å². The number of nitrogens with one attached hydrogen (secondary N) is 1. The molecule has 1 N–H and O–H groups in total. The number of hydrogen-bond acceptors (Lipinski definition) is 5. The van der Waals surface area contributed by atoms with E-state index >= 15 is 0 Å². The molecule has 22 heavy (non-hydrogen) atoms. The molecule has 9 heteroatoms. The summed E-state index contributed by atoms with van der Waals surface area (Å²) >= 11 is 0. The number of sulfonamides is 1. The van der Waals surface area contributed by atoms with Crippen molar-refractivity contribution in [2.24, 2.45) is 0 Å². The van der Waals surface area contributed by atoms with E-state index in [2.05, 4.69) is 10.3 Å². The van der Waals surface area contributed by atoms with Crippen LogP contribution in [0.5, 0.6) is 0 Å². The lowest BCUT2D eigenvalue weighted by Gasteiger charge is -2.35. The molecule has 0 aromatic carbocycles. The van der Waals surface area contributed by atoms with Gasteiger partial charge in [0.2, 0.25) is 21.8 Å². The highest BCUT2D eigenvalue weighted by Crippen LogP contribution is 2.33. The second-order valence-electron chi connectivity index (χ2n) is 5.26. The summed E-state index contributed by atoms with van der Waals surface area (Å²) in [6, 6.07) is 2.17. The molecule has 2 atom stereocenters. The van der Waals surface area contributed by atoms with E-state index in [9.17, 15) is 18.0 Å². The molecule has 2 heterocycles. The molecule has 120 valence electrons. The number of carbonyl (C=O) groups is 2. The molecule has 0 saturated carbocycles. The molecule has 2 rings (SSSR count). The summed E-state index contributed by atoms with van der Waals surface area (Å²) in [5, 5.41) is 1.29. The van der Waals surface area contributed by atoms with Crippen molar-refractivity contribution >= 4 is 33.3 Å². The minimum atomic E-state index is -4.08. The third-order valence-corrected chi connectivity index (χ3v) is 5.63. The van der Waals surface area contributed by atoms with Crippen LogP contribution in [0.4, 0.5) is 11.5 Å². The lowest BCUT2D eigenvalue weighted by atomic mass is 10.2. The molecule has 2 amide bonds. The van der Waals surface area contributed by atoms with Crippen LogP contribution in [-0.4, -0.2) is 55.5 Å². The number of fused-ring (bicyclic) bond motifs is 1. The zero-order chi connectivity index (χ0) is 16.7. The molecule has 0 fully saturated rings. The molecule has 0 spiro atoms. The van der Waals surface area contributed by atoms with E-state index in [1.807, 2.05) is 0 Å². The number of carbonyl (C=O) groups excluding carboxylic acids is 2. The largest absolute Gasteiger partial charge is 0.348 e. The Labute approximate surface area is 129 Å². The fourth-order valence-corrected chi connectivity index (χ4v) is 3.93. The van der Waals surface area contributed by atoms with Crippen LogP contribution in [0.3, 0.4) is 0 Å². The molecule has 0 radical (unpaired) electrons. The van der Waals surface area contributed by atoms with Gasteiger partial charge in [-0.1, -0.05) is 0 Å². The minimum absolute atomic E-state index is 0.119. The van der Waals surface area contributed by atoms with Crippen LogP contribution < -0.4 is 9.62 Å². The lowest BCUT2D eigenvalue weighted by molar-refractivity contribution is -0.128. The molecular formula is C13H18N4O4S. The van der Waals surface area contributed by atoms with Crippen LogP contribution in [0, 0.1) is 0 Å². The summed E-state index contributed by atoms with van der Waals surface area (Å²) in [6.45, 7) is 2.76. The summed E-state index contributed by atoms with van der Waals surface area (Å²) < 4.78 is 26.5. The maximum absolute atomic E-state index is 12.8. The topological polar surface area (TPSA) is 99.7 Å². The molecule has 0 saturated heterocycles. The molecule has 0 aliphatic carbocycles. The standard InChI is InChI=1S/C13H18N4O4S/c1-8-12(18)15-10-6-5-7-14-11(10)17(8)22(20,21)9(2)13(19)16(3)4/h5-9H,1-4H3,(H,15,18)/t8-,9-/m1/s1. The second-order valence-corrected chi connectivity index (χ2v) is 7.39. The van der Waals surface area contributed by atoms with Gasteiger partial charge in [-0.3, -0.25) is 9.59 Å². The first-order chi connectivity index (χ1) is 10.2. The van der Waals surface area contributed by atoms with Crippen LogP contribution in [0.1, 0.15) is 13.8 Å². The highest BCUT2D eigenvalue weighted by atomic mass is 32.2. The Bertz CT molecular complexity index is 717. The number of aromatic nitrogens is 1. The summed E-state index contributed by atoms with van der Waals surface area (Å²) in [5.74, 6) is -0.905. The van der Waals surface area contributed by atoms with Crippen LogP contribution in [-0.2, 0) is 19.6 Å². The van der Waals surface area contributed by atoms with Gasteiger partial charge in [0.05, 0.1) is 5.69 Å². The molecular weight excluding hydrogens is 308 g/mol. The predicted molar refractivity (Wildman–Crippen MR) is 81.9 cm³/mol. The van der Waals surface area contributed by atoms with Crippen molar-refractivity contribution in [3.8, 4) is 0 Å². The predicted octanol–water partition coefficient (Wildman–Crippen LogP) is 0.0351. The van der Waals surface area contributed by atoms with Crippen molar-refractivity contribution in [1.82, 2.24) is 9.88 Å². The smallest absolute Gasteiger partial charge is 0.248 e. The first-order valence-electron chi connectivity index (χ1n) is 6.68. The molecule has 8 nitrogen and oxygen atoms in total. The van der Waals surface area contributed by atoms with E-state index in [0.717, 1.165) is 4.31 Å². The number of nitrogens with zero attached hydrogens (tertiary/aromatic N) is 3. The highest BCUT2D eigenvalue weighted by molar-refractivity contribution is 7.94. The zero-order valence-electron chi connectivity index (χ0n) is 12.8. The summed E-state index contributed by atoms with van der Waals surface area (Å²) in [7, 11) is -1.12. The van der Waals surface area contributed by atoms with Gasteiger partial charge in [0, 0.05) is 20.3 Å². The lowest BCUT2D eigenvalue weighted by Crippen LogP contribution is -2.54. The van der Waals surface area contributed by atoms with Gasteiger partial charge in [-0.2, -0.15) is 0 Å². The Balaban J connectivity index is 2.54. The first kappa shape index (κ1) is 16.2. The SMILES string of the molecule is C[C@@H]1C(=O)Nc2cccnc2N1S(=O)(=O)[C@H](C)C(=O)N(C)C. The fourth-order valence-electron chi connectivity index (χ4n) is 2.20. The Morgan fingerprint density at radius 1 is 1.45 bits per heavy atom. The summed E-state index contributed by atoms with van der Waals surface area (Å²) in [6.07, 6.45) is 1.43. The third-order valence-electron chi connectivity index (χ3n) is 3.49. The van der Waals surface area contributed by atoms with Crippen LogP contribution >= 0.6 is 0 Å². The molecule has 1 aliphatic rings. The van der Waals surface area contributed by atoms with Gasteiger partial charge in [0.25, 0.3) is 0 Å².